The van der Waals surface area contributed by atoms with E-state index in [9.17, 15) is 9.59 Å². The van der Waals surface area contributed by atoms with Gasteiger partial charge >= 0.3 is 5.97 Å². The highest BCUT2D eigenvalue weighted by molar-refractivity contribution is 6.06. The maximum absolute atomic E-state index is 13.0. The van der Waals surface area contributed by atoms with Crippen LogP contribution in [-0.2, 0) is 22.5 Å². The van der Waals surface area contributed by atoms with Crippen LogP contribution in [0.1, 0.15) is 27.2 Å². The first-order chi connectivity index (χ1) is 14.0. The Labute approximate surface area is 168 Å². The van der Waals surface area contributed by atoms with Gasteiger partial charge in [0.15, 0.2) is 6.61 Å². The molecule has 2 aromatic heterocycles. The van der Waals surface area contributed by atoms with Crippen LogP contribution in [-0.4, -0.2) is 46.9 Å². The summed E-state index contributed by atoms with van der Waals surface area (Å²) in [5.74, 6) is -0.511. The van der Waals surface area contributed by atoms with Crippen molar-refractivity contribution >= 4 is 28.6 Å². The molecule has 0 saturated carbocycles. The van der Waals surface area contributed by atoms with Gasteiger partial charge in [-0.25, -0.2) is 9.78 Å². The van der Waals surface area contributed by atoms with Crippen molar-refractivity contribution in [1.29, 1.82) is 0 Å². The number of anilines is 1. The van der Waals surface area contributed by atoms with Gasteiger partial charge in [-0.1, -0.05) is 18.2 Å². The number of amides is 1. The number of rotatable bonds is 4. The van der Waals surface area contributed by atoms with Crippen LogP contribution in [0.15, 0.2) is 42.6 Å². The number of fused-ring (bicyclic) bond motifs is 2. The van der Waals surface area contributed by atoms with E-state index in [1.54, 1.807) is 12.3 Å². The Morgan fingerprint density at radius 2 is 2.07 bits per heavy atom. The summed E-state index contributed by atoms with van der Waals surface area (Å²) in [4.78, 5) is 36.2. The van der Waals surface area contributed by atoms with E-state index in [0.717, 1.165) is 40.7 Å². The van der Waals surface area contributed by atoms with Gasteiger partial charge in [-0.15, -0.1) is 0 Å². The molecule has 1 aliphatic rings. The number of likely N-dealkylation sites (N-methyl/N-ethyl adjacent to an activating group) is 1. The summed E-state index contributed by atoms with van der Waals surface area (Å²) in [6.45, 7) is 3.04. The second kappa shape index (κ2) is 7.97. The lowest BCUT2D eigenvalue weighted by molar-refractivity contribution is -0.119. The number of esters is 1. The lowest BCUT2D eigenvalue weighted by atomic mass is 9.96. The molecule has 0 atom stereocenters. The maximum atomic E-state index is 13.0. The molecule has 0 bridgehead atoms. The monoisotopic (exact) mass is 390 g/mol. The van der Waals surface area contributed by atoms with Crippen molar-refractivity contribution < 1.29 is 14.3 Å². The lowest BCUT2D eigenvalue weighted by Crippen LogP contribution is -2.30. The Kier molecular flexibility index (Phi) is 5.22. The number of nitrogens with one attached hydrogen (secondary N) is 1. The molecular formula is C22H22N4O3. The number of aryl methyl sites for hydroxylation is 1. The first-order valence-corrected chi connectivity index (χ1v) is 9.50. The minimum atomic E-state index is -0.512. The molecule has 1 amide bonds. The van der Waals surface area contributed by atoms with E-state index in [0.29, 0.717) is 17.9 Å². The van der Waals surface area contributed by atoms with Gasteiger partial charge in [0.2, 0.25) is 0 Å². The van der Waals surface area contributed by atoms with E-state index in [2.05, 4.69) is 15.2 Å². The average Bonchev–Trinajstić information content (AvgIpc) is 2.70. The van der Waals surface area contributed by atoms with Crippen LogP contribution in [0, 0.1) is 6.92 Å². The third kappa shape index (κ3) is 4.09. The SMILES string of the molecule is Cc1ccnc(NC(=O)COC(=O)c2c3c(nc4ccccc24)CCN(C)C3)c1. The smallest absolute Gasteiger partial charge is 0.339 e. The highest BCUT2D eigenvalue weighted by Crippen LogP contribution is 2.28. The summed E-state index contributed by atoms with van der Waals surface area (Å²) < 4.78 is 5.38. The molecule has 7 heteroatoms. The zero-order valence-electron chi connectivity index (χ0n) is 16.4. The maximum Gasteiger partial charge on any atom is 0.339 e. The molecule has 0 unspecified atom stereocenters. The Morgan fingerprint density at radius 3 is 2.90 bits per heavy atom. The fourth-order valence-corrected chi connectivity index (χ4v) is 3.54. The number of hydrogen-bond acceptors (Lipinski definition) is 6. The summed E-state index contributed by atoms with van der Waals surface area (Å²) in [7, 11) is 2.01. The molecule has 4 rings (SSSR count). The predicted octanol–water partition coefficient (Wildman–Crippen LogP) is 2.72. The quantitative estimate of drug-likeness (QED) is 0.690. The molecule has 29 heavy (non-hydrogen) atoms. The lowest BCUT2D eigenvalue weighted by Gasteiger charge is -2.26. The molecule has 0 fully saturated rings. The third-order valence-corrected chi connectivity index (χ3v) is 4.96. The van der Waals surface area contributed by atoms with Crippen molar-refractivity contribution in [2.45, 2.75) is 19.9 Å². The number of ether oxygens (including phenoxy) is 1. The number of para-hydroxylation sites is 1. The van der Waals surface area contributed by atoms with E-state index < -0.39 is 11.9 Å². The second-order valence-corrected chi connectivity index (χ2v) is 7.26. The van der Waals surface area contributed by atoms with Gasteiger partial charge in [0, 0.05) is 42.4 Å². The number of carbonyl (C=O) groups excluding carboxylic acids is 2. The minimum absolute atomic E-state index is 0.379. The van der Waals surface area contributed by atoms with Crippen LogP contribution in [0.25, 0.3) is 10.9 Å². The van der Waals surface area contributed by atoms with Crippen molar-refractivity contribution in [3.8, 4) is 0 Å². The van der Waals surface area contributed by atoms with Gasteiger partial charge in [0.25, 0.3) is 5.91 Å². The molecular weight excluding hydrogens is 368 g/mol. The van der Waals surface area contributed by atoms with Crippen LogP contribution >= 0.6 is 0 Å². The largest absolute Gasteiger partial charge is 0.452 e. The topological polar surface area (TPSA) is 84.4 Å². The van der Waals surface area contributed by atoms with Gasteiger partial charge in [-0.05, 0) is 37.7 Å². The number of pyridine rings is 2. The van der Waals surface area contributed by atoms with Crippen LogP contribution in [0.2, 0.25) is 0 Å². The normalized spacial score (nSPS) is 13.7. The van der Waals surface area contributed by atoms with E-state index in [4.69, 9.17) is 9.72 Å². The van der Waals surface area contributed by atoms with Crippen LogP contribution < -0.4 is 5.32 Å². The second-order valence-electron chi connectivity index (χ2n) is 7.26. The van der Waals surface area contributed by atoms with Crippen molar-refractivity contribution in [1.82, 2.24) is 14.9 Å². The van der Waals surface area contributed by atoms with Crippen molar-refractivity contribution in [2.75, 3.05) is 25.5 Å². The van der Waals surface area contributed by atoms with Gasteiger partial charge in [-0.3, -0.25) is 9.78 Å². The summed E-state index contributed by atoms with van der Waals surface area (Å²) in [5, 5.41) is 3.39. The summed E-state index contributed by atoms with van der Waals surface area (Å²) in [5.41, 5.74) is 4.03. The van der Waals surface area contributed by atoms with E-state index in [1.807, 2.05) is 44.3 Å². The van der Waals surface area contributed by atoms with Crippen LogP contribution in [0.5, 0.6) is 0 Å². The van der Waals surface area contributed by atoms with Crippen molar-refractivity contribution in [3.63, 3.8) is 0 Å². The molecule has 0 aliphatic carbocycles. The summed E-state index contributed by atoms with van der Waals surface area (Å²) in [6.07, 6.45) is 2.39. The molecule has 3 heterocycles. The number of nitrogens with zero attached hydrogens (tertiary/aromatic N) is 3. The number of carbonyl (C=O) groups is 2. The summed E-state index contributed by atoms with van der Waals surface area (Å²) in [6, 6.07) is 11.1. The standard InChI is InChI=1S/C22H22N4O3/c1-14-7-9-23-19(11-14)25-20(27)13-29-22(28)21-15-5-3-4-6-17(15)24-18-8-10-26(2)12-16(18)21/h3-7,9,11H,8,10,12-13H2,1-2H3,(H,23,25,27). The predicted molar refractivity (Wildman–Crippen MR) is 110 cm³/mol. The van der Waals surface area contributed by atoms with E-state index in [-0.39, 0.29) is 6.61 Å². The first-order valence-electron chi connectivity index (χ1n) is 9.50. The fourth-order valence-electron chi connectivity index (χ4n) is 3.54. The Bertz CT molecular complexity index is 1100. The third-order valence-electron chi connectivity index (χ3n) is 4.96. The van der Waals surface area contributed by atoms with Crippen LogP contribution in [0.4, 0.5) is 5.82 Å². The number of aromatic nitrogens is 2. The zero-order chi connectivity index (χ0) is 20.4. The molecule has 0 spiro atoms. The molecule has 148 valence electrons. The Balaban J connectivity index is 1.56. The first kappa shape index (κ1) is 19.0. The number of benzene rings is 1. The molecule has 1 N–H and O–H groups in total. The van der Waals surface area contributed by atoms with Gasteiger partial charge in [0.05, 0.1) is 11.1 Å². The molecule has 1 aromatic carbocycles. The molecule has 1 aliphatic heterocycles. The highest BCUT2D eigenvalue weighted by atomic mass is 16.5. The average molecular weight is 390 g/mol. The highest BCUT2D eigenvalue weighted by Gasteiger charge is 2.25. The Hall–Kier alpha value is -3.32. The van der Waals surface area contributed by atoms with E-state index >= 15 is 0 Å². The molecule has 0 radical (unpaired) electrons. The molecule has 0 saturated heterocycles. The van der Waals surface area contributed by atoms with Crippen molar-refractivity contribution in [3.05, 3.63) is 65.0 Å². The molecule has 7 nitrogen and oxygen atoms in total. The van der Waals surface area contributed by atoms with Crippen molar-refractivity contribution in [2.24, 2.45) is 0 Å². The zero-order valence-corrected chi connectivity index (χ0v) is 16.4. The molecule has 3 aromatic rings. The fraction of sp³-hybridized carbons (Fsp3) is 0.273. The minimum Gasteiger partial charge on any atom is -0.452 e. The van der Waals surface area contributed by atoms with Gasteiger partial charge in [0.1, 0.15) is 5.82 Å². The summed E-state index contributed by atoms with van der Waals surface area (Å²) >= 11 is 0. The van der Waals surface area contributed by atoms with Gasteiger partial charge in [-0.2, -0.15) is 0 Å². The van der Waals surface area contributed by atoms with Gasteiger partial charge < -0.3 is 15.0 Å². The van der Waals surface area contributed by atoms with Crippen LogP contribution in [0.3, 0.4) is 0 Å². The number of hydrogen-bond donors (Lipinski definition) is 1. The van der Waals surface area contributed by atoms with E-state index in [1.165, 1.54) is 0 Å². The Morgan fingerprint density at radius 1 is 1.24 bits per heavy atom.